The Morgan fingerprint density at radius 1 is 1.20 bits per heavy atom. The van der Waals surface area contributed by atoms with Crippen molar-refractivity contribution >= 4 is 10.9 Å². The molecule has 0 spiro atoms. The molecule has 0 saturated carbocycles. The summed E-state index contributed by atoms with van der Waals surface area (Å²) in [5.74, 6) is 0.240. The third-order valence-corrected chi connectivity index (χ3v) is 6.74. The highest BCUT2D eigenvalue weighted by molar-refractivity contribution is 5.88. The Balaban J connectivity index is 1.36. The van der Waals surface area contributed by atoms with Crippen molar-refractivity contribution in [3.63, 3.8) is 0 Å². The molecule has 1 saturated heterocycles. The van der Waals surface area contributed by atoms with Crippen LogP contribution in [-0.4, -0.2) is 93.9 Å². The van der Waals surface area contributed by atoms with Crippen LogP contribution in [0.2, 0.25) is 0 Å². The van der Waals surface area contributed by atoms with Crippen LogP contribution in [-0.2, 0) is 15.9 Å². The highest BCUT2D eigenvalue weighted by Gasteiger charge is 2.44. The van der Waals surface area contributed by atoms with E-state index in [0.29, 0.717) is 6.04 Å². The van der Waals surface area contributed by atoms with Crippen LogP contribution in [0.3, 0.4) is 0 Å². The van der Waals surface area contributed by atoms with Crippen LogP contribution < -0.4 is 0 Å². The fraction of sp³-hybridized carbons (Fsp3) is 0.545. The number of aliphatic hydroxyl groups is 4. The molecule has 2 aliphatic heterocycles. The normalized spacial score (nSPS) is 36.6. The van der Waals surface area contributed by atoms with Crippen LogP contribution in [0, 0.1) is 0 Å². The van der Waals surface area contributed by atoms with Gasteiger partial charge in [-0.15, -0.1) is 0 Å². The van der Waals surface area contributed by atoms with Gasteiger partial charge in [-0.05, 0) is 36.2 Å². The van der Waals surface area contributed by atoms with Gasteiger partial charge in [0, 0.05) is 35.6 Å². The van der Waals surface area contributed by atoms with E-state index in [1.807, 2.05) is 0 Å². The minimum Gasteiger partial charge on any atom is -0.394 e. The molecule has 30 heavy (non-hydrogen) atoms. The maximum atomic E-state index is 10.2. The number of H-pyrrole nitrogens is 1. The number of aromatic amines is 1. The molecule has 7 atom stereocenters. The van der Waals surface area contributed by atoms with Crippen molar-refractivity contribution in [3.8, 4) is 0 Å². The number of likely N-dealkylation sites (N-methyl/N-ethyl adjacent to an activating group) is 1. The largest absolute Gasteiger partial charge is 0.394 e. The zero-order chi connectivity index (χ0) is 21.0. The lowest BCUT2D eigenvalue weighted by molar-refractivity contribution is -0.299. The van der Waals surface area contributed by atoms with E-state index in [1.54, 1.807) is 0 Å². The van der Waals surface area contributed by atoms with Crippen molar-refractivity contribution in [2.24, 2.45) is 0 Å². The lowest BCUT2D eigenvalue weighted by Crippen LogP contribution is -2.59. The van der Waals surface area contributed by atoms with Crippen LogP contribution in [0.5, 0.6) is 0 Å². The molecule has 8 nitrogen and oxygen atoms in total. The summed E-state index contributed by atoms with van der Waals surface area (Å²) in [5.41, 5.74) is 4.87. The molecular formula is C22H28N2O6. The zero-order valence-electron chi connectivity index (χ0n) is 16.8. The average molecular weight is 416 g/mol. The number of benzene rings is 1. The fourth-order valence-corrected chi connectivity index (χ4v) is 5.15. The second-order valence-corrected chi connectivity index (χ2v) is 8.63. The maximum absolute atomic E-state index is 10.2. The summed E-state index contributed by atoms with van der Waals surface area (Å²) in [5, 5.41) is 40.7. The first kappa shape index (κ1) is 20.1. The predicted octanol–water partition coefficient (Wildman–Crippen LogP) is -0.135. The average Bonchev–Trinajstić information content (AvgIpc) is 3.17. The van der Waals surface area contributed by atoms with Gasteiger partial charge in [0.25, 0.3) is 0 Å². The lowest BCUT2D eigenvalue weighted by Gasteiger charge is -2.42. The van der Waals surface area contributed by atoms with Crippen molar-refractivity contribution < 1.29 is 29.9 Å². The van der Waals surface area contributed by atoms with Crippen LogP contribution in [0.1, 0.15) is 17.0 Å². The Hall–Kier alpha value is -1.78. The molecule has 5 N–H and O–H groups in total. The van der Waals surface area contributed by atoms with E-state index < -0.39 is 37.3 Å². The minimum atomic E-state index is -1.43. The first-order valence-electron chi connectivity index (χ1n) is 10.4. The van der Waals surface area contributed by atoms with Gasteiger partial charge in [-0.25, -0.2) is 0 Å². The number of hydrogen-bond acceptors (Lipinski definition) is 7. The summed E-state index contributed by atoms with van der Waals surface area (Å²) in [6, 6.07) is 6.73. The smallest absolute Gasteiger partial charge is 0.187 e. The fourth-order valence-electron chi connectivity index (χ4n) is 5.15. The monoisotopic (exact) mass is 416 g/mol. The van der Waals surface area contributed by atoms with Gasteiger partial charge in [-0.2, -0.15) is 0 Å². The number of nitrogens with zero attached hydrogens (tertiary/aromatic N) is 1. The van der Waals surface area contributed by atoms with E-state index in [0.717, 1.165) is 24.1 Å². The number of nitrogens with one attached hydrogen (secondary N) is 1. The summed E-state index contributed by atoms with van der Waals surface area (Å²) in [4.78, 5) is 5.70. The molecule has 0 radical (unpaired) electrons. The first-order valence-corrected chi connectivity index (χ1v) is 10.4. The highest BCUT2D eigenvalue weighted by Crippen LogP contribution is 2.41. The SMILES string of the molecule is CN1CC(CO[C@H]2O[C@H](CO)[C@H](O)[C@H](O)[C@H]2O)=C[C@@H]2c3cccc4[nH]cc(c34)C[C@H]21. The Morgan fingerprint density at radius 3 is 2.83 bits per heavy atom. The van der Waals surface area contributed by atoms with E-state index in [-0.39, 0.29) is 12.5 Å². The van der Waals surface area contributed by atoms with Crippen LogP contribution in [0.4, 0.5) is 0 Å². The van der Waals surface area contributed by atoms with Crippen molar-refractivity contribution in [1.29, 1.82) is 0 Å². The standard InChI is InChI=1S/C22H28N2O6/c1-24-8-11(10-29-22-21(28)20(27)19(26)17(9-25)30-22)5-14-13-3-2-4-15-18(13)12(7-23-15)6-16(14)24/h2-5,7,14,16-17,19-23,25-28H,6,8-10H2,1H3/t14-,16-,17-,19+,20+,21-,22+/m1/s1. The van der Waals surface area contributed by atoms with Gasteiger partial charge in [0.05, 0.1) is 13.2 Å². The van der Waals surface area contributed by atoms with Crippen LogP contribution >= 0.6 is 0 Å². The molecule has 1 aromatic heterocycles. The summed E-state index contributed by atoms with van der Waals surface area (Å²) < 4.78 is 11.2. The maximum Gasteiger partial charge on any atom is 0.187 e. The molecule has 5 rings (SSSR count). The summed E-state index contributed by atoms with van der Waals surface area (Å²) in [7, 11) is 2.11. The minimum absolute atomic E-state index is 0.228. The highest BCUT2D eigenvalue weighted by atomic mass is 16.7. The molecule has 2 aromatic rings. The van der Waals surface area contributed by atoms with Gasteiger partial charge >= 0.3 is 0 Å². The molecule has 3 heterocycles. The Bertz CT molecular complexity index is 956. The molecule has 0 bridgehead atoms. The van der Waals surface area contributed by atoms with Crippen molar-refractivity contribution in [3.05, 3.63) is 47.2 Å². The van der Waals surface area contributed by atoms with Gasteiger partial charge in [-0.1, -0.05) is 18.2 Å². The number of fused-ring (bicyclic) bond motifs is 2. The molecule has 8 heteroatoms. The summed E-state index contributed by atoms with van der Waals surface area (Å²) in [6.07, 6.45) is -0.947. The van der Waals surface area contributed by atoms with Crippen LogP contribution in [0.15, 0.2) is 36.0 Å². The summed E-state index contributed by atoms with van der Waals surface area (Å²) >= 11 is 0. The van der Waals surface area contributed by atoms with Crippen molar-refractivity contribution in [2.45, 2.75) is 49.1 Å². The second-order valence-electron chi connectivity index (χ2n) is 8.63. The second kappa shape index (κ2) is 7.72. The molecule has 3 aliphatic rings. The van der Waals surface area contributed by atoms with E-state index >= 15 is 0 Å². The van der Waals surface area contributed by atoms with Gasteiger partial charge in [0.15, 0.2) is 6.29 Å². The molecule has 1 aliphatic carbocycles. The lowest BCUT2D eigenvalue weighted by atomic mass is 9.77. The van der Waals surface area contributed by atoms with E-state index in [4.69, 9.17) is 9.47 Å². The van der Waals surface area contributed by atoms with Gasteiger partial charge in [-0.3, -0.25) is 4.90 Å². The van der Waals surface area contributed by atoms with Crippen molar-refractivity contribution in [1.82, 2.24) is 9.88 Å². The molecule has 0 unspecified atom stereocenters. The summed E-state index contributed by atoms with van der Waals surface area (Å²) in [6.45, 7) is 0.490. The van der Waals surface area contributed by atoms with Gasteiger partial charge in [0.2, 0.25) is 0 Å². The molecule has 0 amide bonds. The number of ether oxygens (including phenoxy) is 2. The zero-order valence-corrected chi connectivity index (χ0v) is 16.8. The van der Waals surface area contributed by atoms with Gasteiger partial charge in [0.1, 0.15) is 24.4 Å². The third kappa shape index (κ3) is 3.20. The van der Waals surface area contributed by atoms with E-state index in [2.05, 4.69) is 47.4 Å². The van der Waals surface area contributed by atoms with E-state index in [9.17, 15) is 20.4 Å². The number of rotatable bonds is 4. The molecule has 162 valence electrons. The molecule has 1 fully saturated rings. The molecular weight excluding hydrogens is 388 g/mol. The van der Waals surface area contributed by atoms with Gasteiger partial charge < -0.3 is 34.9 Å². The Kier molecular flexibility index (Phi) is 5.19. The Labute approximate surface area is 174 Å². The third-order valence-electron chi connectivity index (χ3n) is 6.74. The first-order chi connectivity index (χ1) is 14.5. The van der Waals surface area contributed by atoms with E-state index in [1.165, 1.54) is 16.5 Å². The topological polar surface area (TPSA) is 118 Å². The quantitative estimate of drug-likeness (QED) is 0.441. The molecule has 1 aromatic carbocycles. The number of hydrogen-bond donors (Lipinski definition) is 5. The Morgan fingerprint density at radius 2 is 2.03 bits per heavy atom. The van der Waals surface area contributed by atoms with Crippen molar-refractivity contribution in [2.75, 3.05) is 26.8 Å². The van der Waals surface area contributed by atoms with Crippen LogP contribution in [0.25, 0.3) is 10.9 Å². The number of aromatic nitrogens is 1. The number of aliphatic hydroxyl groups excluding tert-OH is 4. The predicted molar refractivity (Wildman–Crippen MR) is 109 cm³/mol.